The van der Waals surface area contributed by atoms with Gasteiger partial charge in [-0.1, -0.05) is 30.3 Å². The predicted molar refractivity (Wildman–Crippen MR) is 133 cm³/mol. The third kappa shape index (κ3) is 11.8. The third-order valence-corrected chi connectivity index (χ3v) is 5.54. The summed E-state index contributed by atoms with van der Waals surface area (Å²) in [6.07, 6.45) is -0.918. The molecule has 0 heterocycles. The number of aliphatic hydroxyl groups excluding tert-OH is 1. The molecule has 0 saturated heterocycles. The second kappa shape index (κ2) is 16.2. The number of aliphatic hydroxyl groups is 1. The number of hydrogen-bond acceptors (Lipinski definition) is 8. The van der Waals surface area contributed by atoms with Gasteiger partial charge in [-0.2, -0.15) is 0 Å². The van der Waals surface area contributed by atoms with Crippen LogP contribution in [0.5, 0.6) is 0 Å². The fraction of sp³-hybridized carbons (Fsp3) is 0.542. The summed E-state index contributed by atoms with van der Waals surface area (Å²) < 4.78 is 0. The number of unbranched alkanes of at least 4 members (excludes halogenated alkanes) is 1. The summed E-state index contributed by atoms with van der Waals surface area (Å²) in [4.78, 5) is 61.0. The summed E-state index contributed by atoms with van der Waals surface area (Å²) in [6.45, 7) is 1.52. The number of carbonyl (C=O) groups is 5. The maximum atomic E-state index is 13.0. The Hall–Kier alpha value is -3.55. The Morgan fingerprint density at radius 2 is 1.43 bits per heavy atom. The van der Waals surface area contributed by atoms with Crippen LogP contribution in [0.15, 0.2) is 30.3 Å². The number of benzene rings is 1. The van der Waals surface area contributed by atoms with Crippen LogP contribution < -0.4 is 27.4 Å². The molecule has 206 valence electrons. The number of rotatable bonds is 17. The standard InChI is InChI=1S/C24H37N5O8/c1-14(30)20(24(36)37)29-23(35)17(9-5-6-12-25)28-22(34)18(10-11-19(31)32)27-21(33)16(26)13-15-7-3-2-4-8-15/h2-4,7-8,14,16-18,20,30H,5-6,9-13,25-26H2,1H3,(H,27,33)(H,28,34)(H,29,35)(H,31,32)(H,36,37). The van der Waals surface area contributed by atoms with Gasteiger partial charge in [0.05, 0.1) is 12.1 Å². The Balaban J connectivity index is 2.99. The van der Waals surface area contributed by atoms with Crippen LogP contribution in [0.2, 0.25) is 0 Å². The summed E-state index contributed by atoms with van der Waals surface area (Å²) in [7, 11) is 0. The van der Waals surface area contributed by atoms with E-state index in [1.807, 2.05) is 0 Å². The number of aliphatic carboxylic acids is 2. The fourth-order valence-corrected chi connectivity index (χ4v) is 3.45. The van der Waals surface area contributed by atoms with Crippen molar-refractivity contribution in [2.24, 2.45) is 11.5 Å². The minimum atomic E-state index is -1.61. The van der Waals surface area contributed by atoms with Crippen molar-refractivity contribution in [3.05, 3.63) is 35.9 Å². The fourth-order valence-electron chi connectivity index (χ4n) is 3.45. The van der Waals surface area contributed by atoms with Crippen LogP contribution in [0, 0.1) is 0 Å². The number of carboxylic acids is 2. The quantitative estimate of drug-likeness (QED) is 0.110. The van der Waals surface area contributed by atoms with Gasteiger partial charge in [-0.25, -0.2) is 4.79 Å². The van der Waals surface area contributed by atoms with Crippen LogP contribution in [-0.2, 0) is 30.4 Å². The third-order valence-electron chi connectivity index (χ3n) is 5.54. The second-order valence-corrected chi connectivity index (χ2v) is 8.70. The molecule has 1 aromatic carbocycles. The molecule has 13 heteroatoms. The molecule has 10 N–H and O–H groups in total. The molecule has 1 aromatic rings. The molecule has 37 heavy (non-hydrogen) atoms. The van der Waals surface area contributed by atoms with Gasteiger partial charge in [0.2, 0.25) is 17.7 Å². The highest BCUT2D eigenvalue weighted by Crippen LogP contribution is 2.07. The first-order valence-corrected chi connectivity index (χ1v) is 12.0. The van der Waals surface area contributed by atoms with Crippen LogP contribution in [0.25, 0.3) is 0 Å². The number of nitrogens with two attached hydrogens (primary N) is 2. The number of nitrogens with one attached hydrogen (secondary N) is 3. The molecule has 0 aromatic heterocycles. The highest BCUT2D eigenvalue weighted by Gasteiger charge is 2.32. The van der Waals surface area contributed by atoms with Crippen molar-refractivity contribution in [1.82, 2.24) is 16.0 Å². The lowest BCUT2D eigenvalue weighted by atomic mass is 10.0. The van der Waals surface area contributed by atoms with Gasteiger partial charge < -0.3 is 42.7 Å². The molecule has 5 atom stereocenters. The minimum Gasteiger partial charge on any atom is -0.481 e. The van der Waals surface area contributed by atoms with Crippen molar-refractivity contribution in [3.63, 3.8) is 0 Å². The Kier molecular flexibility index (Phi) is 13.8. The SMILES string of the molecule is CC(O)C(NC(=O)C(CCCCN)NC(=O)C(CCC(=O)O)NC(=O)C(N)Cc1ccccc1)C(=O)O. The topological polar surface area (TPSA) is 234 Å². The van der Waals surface area contributed by atoms with Crippen molar-refractivity contribution >= 4 is 29.7 Å². The van der Waals surface area contributed by atoms with Gasteiger partial charge in [-0.15, -0.1) is 0 Å². The van der Waals surface area contributed by atoms with E-state index in [-0.39, 0.29) is 19.3 Å². The number of carbonyl (C=O) groups excluding carboxylic acids is 3. The van der Waals surface area contributed by atoms with Gasteiger partial charge in [0.1, 0.15) is 12.1 Å². The van der Waals surface area contributed by atoms with Gasteiger partial charge in [-0.05, 0) is 51.1 Å². The maximum absolute atomic E-state index is 13.0. The first-order valence-electron chi connectivity index (χ1n) is 12.0. The lowest BCUT2D eigenvalue weighted by molar-refractivity contribution is -0.145. The molecule has 5 unspecified atom stereocenters. The van der Waals surface area contributed by atoms with Crippen molar-refractivity contribution in [2.45, 2.75) is 75.7 Å². The Morgan fingerprint density at radius 1 is 0.865 bits per heavy atom. The van der Waals surface area contributed by atoms with E-state index >= 15 is 0 Å². The largest absolute Gasteiger partial charge is 0.481 e. The first-order chi connectivity index (χ1) is 17.5. The van der Waals surface area contributed by atoms with Crippen LogP contribution in [0.1, 0.15) is 44.6 Å². The van der Waals surface area contributed by atoms with E-state index in [1.54, 1.807) is 30.3 Å². The van der Waals surface area contributed by atoms with E-state index < -0.39 is 66.4 Å². The second-order valence-electron chi connectivity index (χ2n) is 8.70. The Morgan fingerprint density at radius 3 is 1.97 bits per heavy atom. The first kappa shape index (κ1) is 31.5. The minimum absolute atomic E-state index is 0.0913. The van der Waals surface area contributed by atoms with E-state index in [2.05, 4.69) is 16.0 Å². The molecule has 0 aliphatic rings. The van der Waals surface area contributed by atoms with Gasteiger partial charge >= 0.3 is 11.9 Å². The summed E-state index contributed by atoms with van der Waals surface area (Å²) >= 11 is 0. The Bertz CT molecular complexity index is 912. The van der Waals surface area contributed by atoms with Crippen LogP contribution in [0.3, 0.4) is 0 Å². The van der Waals surface area contributed by atoms with Crippen molar-refractivity contribution in [1.29, 1.82) is 0 Å². The Labute approximate surface area is 215 Å². The van der Waals surface area contributed by atoms with Crippen molar-refractivity contribution in [2.75, 3.05) is 6.54 Å². The van der Waals surface area contributed by atoms with E-state index in [0.717, 1.165) is 5.56 Å². The molecule has 0 fully saturated rings. The molecule has 1 rings (SSSR count). The molecular weight excluding hydrogens is 486 g/mol. The average Bonchev–Trinajstić information content (AvgIpc) is 2.84. The van der Waals surface area contributed by atoms with E-state index in [4.69, 9.17) is 16.6 Å². The zero-order valence-electron chi connectivity index (χ0n) is 20.8. The van der Waals surface area contributed by atoms with Crippen molar-refractivity contribution in [3.8, 4) is 0 Å². The normalized spacial score (nSPS) is 14.9. The van der Waals surface area contributed by atoms with Crippen LogP contribution in [0.4, 0.5) is 0 Å². The zero-order valence-corrected chi connectivity index (χ0v) is 20.8. The van der Waals surface area contributed by atoms with Crippen molar-refractivity contribution < 1.29 is 39.3 Å². The molecule has 0 spiro atoms. The van der Waals surface area contributed by atoms with E-state index in [1.165, 1.54) is 6.92 Å². The lowest BCUT2D eigenvalue weighted by Gasteiger charge is -2.25. The number of carboxylic acid groups (broad SMARTS) is 2. The maximum Gasteiger partial charge on any atom is 0.328 e. The smallest absolute Gasteiger partial charge is 0.328 e. The molecule has 0 aliphatic carbocycles. The monoisotopic (exact) mass is 523 g/mol. The van der Waals surface area contributed by atoms with E-state index in [0.29, 0.717) is 19.4 Å². The van der Waals surface area contributed by atoms with Crippen LogP contribution in [-0.4, -0.2) is 81.8 Å². The molecule has 0 aliphatic heterocycles. The van der Waals surface area contributed by atoms with Gasteiger partial charge in [0.25, 0.3) is 0 Å². The van der Waals surface area contributed by atoms with E-state index in [9.17, 15) is 34.2 Å². The molecule has 13 nitrogen and oxygen atoms in total. The average molecular weight is 524 g/mol. The molecule has 0 radical (unpaired) electrons. The highest BCUT2D eigenvalue weighted by molar-refractivity contribution is 5.94. The molecule has 3 amide bonds. The van der Waals surface area contributed by atoms with Gasteiger partial charge in [0, 0.05) is 6.42 Å². The molecule has 0 saturated carbocycles. The molecular formula is C24H37N5O8. The lowest BCUT2D eigenvalue weighted by Crippen LogP contribution is -2.58. The van der Waals surface area contributed by atoms with Crippen LogP contribution >= 0.6 is 0 Å². The predicted octanol–water partition coefficient (Wildman–Crippen LogP) is -1.53. The van der Waals surface area contributed by atoms with Gasteiger partial charge in [0.15, 0.2) is 6.04 Å². The molecule has 0 bridgehead atoms. The summed E-state index contributed by atoms with van der Waals surface area (Å²) in [5, 5.41) is 35.1. The number of amides is 3. The summed E-state index contributed by atoms with van der Waals surface area (Å²) in [5.74, 6) is -5.03. The summed E-state index contributed by atoms with van der Waals surface area (Å²) in [5.41, 5.74) is 12.3. The van der Waals surface area contributed by atoms with Gasteiger partial charge in [-0.3, -0.25) is 19.2 Å². The highest BCUT2D eigenvalue weighted by atomic mass is 16.4. The summed E-state index contributed by atoms with van der Waals surface area (Å²) in [6, 6.07) is 3.77. The number of hydrogen-bond donors (Lipinski definition) is 8. The zero-order chi connectivity index (χ0) is 28.0.